The van der Waals surface area contributed by atoms with E-state index in [0.717, 1.165) is 12.8 Å². The van der Waals surface area contributed by atoms with Crippen LogP contribution in [0.15, 0.2) is 0 Å². The molecule has 0 spiro atoms. The van der Waals surface area contributed by atoms with E-state index < -0.39 is 17.7 Å². The van der Waals surface area contributed by atoms with Crippen molar-refractivity contribution < 1.29 is 24.2 Å². The molecule has 1 atom stereocenters. The highest BCUT2D eigenvalue weighted by Crippen LogP contribution is 2.15. The molecule has 0 aromatic carbocycles. The van der Waals surface area contributed by atoms with Gasteiger partial charge in [0.15, 0.2) is 0 Å². The van der Waals surface area contributed by atoms with Crippen LogP contribution in [0.3, 0.4) is 0 Å². The summed E-state index contributed by atoms with van der Waals surface area (Å²) in [5.74, 6) is -1.06. The van der Waals surface area contributed by atoms with E-state index in [9.17, 15) is 9.59 Å². The standard InChI is InChI=1S/C12H21NO5/c1-12(2,3)18-11(16)13(8-10(14)15)7-9-5-4-6-17-9/h9H,4-8H2,1-3H3,(H,14,15)/t9-/m0/s1. The second-order valence-electron chi connectivity index (χ2n) is 5.39. The van der Waals surface area contributed by atoms with Crippen LogP contribution >= 0.6 is 0 Å². The first kappa shape index (κ1) is 14.8. The maximum Gasteiger partial charge on any atom is 0.410 e. The average Bonchev–Trinajstić information content (AvgIpc) is 2.65. The number of carboxylic acid groups (broad SMARTS) is 1. The van der Waals surface area contributed by atoms with Crippen LogP contribution in [0, 0.1) is 0 Å². The molecule has 1 amide bonds. The van der Waals surface area contributed by atoms with Gasteiger partial charge in [0, 0.05) is 6.61 Å². The SMILES string of the molecule is CC(C)(C)OC(=O)N(CC(=O)O)C[C@@H]1CCCO1. The lowest BCUT2D eigenvalue weighted by molar-refractivity contribution is -0.138. The number of ether oxygens (including phenoxy) is 2. The van der Waals surface area contributed by atoms with Crippen LogP contribution in [0.5, 0.6) is 0 Å². The number of carbonyl (C=O) groups is 2. The Morgan fingerprint density at radius 3 is 2.56 bits per heavy atom. The Labute approximate surface area is 107 Å². The highest BCUT2D eigenvalue weighted by Gasteiger charge is 2.27. The molecular weight excluding hydrogens is 238 g/mol. The number of rotatable bonds is 4. The van der Waals surface area contributed by atoms with Crippen molar-refractivity contribution in [3.05, 3.63) is 0 Å². The predicted molar refractivity (Wildman–Crippen MR) is 64.4 cm³/mol. The van der Waals surface area contributed by atoms with E-state index in [4.69, 9.17) is 14.6 Å². The molecule has 0 radical (unpaired) electrons. The maximum atomic E-state index is 11.9. The first-order valence-electron chi connectivity index (χ1n) is 6.09. The minimum Gasteiger partial charge on any atom is -0.480 e. The Morgan fingerprint density at radius 1 is 1.44 bits per heavy atom. The van der Waals surface area contributed by atoms with Crippen molar-refractivity contribution in [2.45, 2.75) is 45.3 Å². The van der Waals surface area contributed by atoms with Crippen LogP contribution in [0.1, 0.15) is 33.6 Å². The molecule has 6 heteroatoms. The highest BCUT2D eigenvalue weighted by molar-refractivity contribution is 5.76. The molecule has 1 N–H and O–H groups in total. The average molecular weight is 259 g/mol. The lowest BCUT2D eigenvalue weighted by Crippen LogP contribution is -2.43. The van der Waals surface area contributed by atoms with Crippen LogP contribution in [0.2, 0.25) is 0 Å². The van der Waals surface area contributed by atoms with Crippen LogP contribution in [0.4, 0.5) is 4.79 Å². The second-order valence-corrected chi connectivity index (χ2v) is 5.39. The topological polar surface area (TPSA) is 76.1 Å². The molecule has 18 heavy (non-hydrogen) atoms. The van der Waals surface area contributed by atoms with E-state index in [2.05, 4.69) is 0 Å². The fraction of sp³-hybridized carbons (Fsp3) is 0.833. The largest absolute Gasteiger partial charge is 0.480 e. The van der Waals surface area contributed by atoms with Gasteiger partial charge in [-0.05, 0) is 33.6 Å². The van der Waals surface area contributed by atoms with Crippen molar-refractivity contribution >= 4 is 12.1 Å². The smallest absolute Gasteiger partial charge is 0.410 e. The molecule has 0 unspecified atom stereocenters. The summed E-state index contributed by atoms with van der Waals surface area (Å²) in [6.45, 7) is 5.80. The van der Waals surface area contributed by atoms with Gasteiger partial charge in [-0.25, -0.2) is 4.79 Å². The summed E-state index contributed by atoms with van der Waals surface area (Å²) in [7, 11) is 0. The number of hydrogen-bond donors (Lipinski definition) is 1. The van der Waals surface area contributed by atoms with Gasteiger partial charge < -0.3 is 14.6 Å². The van der Waals surface area contributed by atoms with Crippen LogP contribution in [-0.2, 0) is 14.3 Å². The number of carbonyl (C=O) groups excluding carboxylic acids is 1. The Bertz CT molecular complexity index is 304. The van der Waals surface area contributed by atoms with Gasteiger partial charge in [0.2, 0.25) is 0 Å². The molecule has 1 aliphatic rings. The van der Waals surface area contributed by atoms with E-state index in [-0.39, 0.29) is 19.2 Å². The molecule has 6 nitrogen and oxygen atoms in total. The van der Waals surface area contributed by atoms with E-state index in [1.165, 1.54) is 4.90 Å². The number of nitrogens with zero attached hydrogens (tertiary/aromatic N) is 1. The molecule has 0 bridgehead atoms. The third-order valence-electron chi connectivity index (χ3n) is 2.43. The zero-order valence-corrected chi connectivity index (χ0v) is 11.1. The number of amides is 1. The summed E-state index contributed by atoms with van der Waals surface area (Å²) in [6.07, 6.45) is 1.09. The third-order valence-corrected chi connectivity index (χ3v) is 2.43. The monoisotopic (exact) mass is 259 g/mol. The quantitative estimate of drug-likeness (QED) is 0.827. The molecule has 1 rings (SSSR count). The highest BCUT2D eigenvalue weighted by atomic mass is 16.6. The summed E-state index contributed by atoms with van der Waals surface area (Å²) >= 11 is 0. The zero-order chi connectivity index (χ0) is 13.8. The van der Waals surface area contributed by atoms with Crippen molar-refractivity contribution in [2.24, 2.45) is 0 Å². The lowest BCUT2D eigenvalue weighted by atomic mass is 10.2. The third kappa shape index (κ3) is 5.35. The molecule has 1 saturated heterocycles. The van der Waals surface area contributed by atoms with E-state index in [1.807, 2.05) is 0 Å². The summed E-state index contributed by atoms with van der Waals surface area (Å²) in [6, 6.07) is 0. The Morgan fingerprint density at radius 2 is 2.11 bits per heavy atom. The van der Waals surface area contributed by atoms with Crippen molar-refractivity contribution in [2.75, 3.05) is 19.7 Å². The Balaban J connectivity index is 2.58. The molecular formula is C12H21NO5. The van der Waals surface area contributed by atoms with Crippen molar-refractivity contribution in [3.8, 4) is 0 Å². The summed E-state index contributed by atoms with van der Waals surface area (Å²) in [5.41, 5.74) is -0.635. The van der Waals surface area contributed by atoms with Crippen molar-refractivity contribution in [3.63, 3.8) is 0 Å². The fourth-order valence-corrected chi connectivity index (χ4v) is 1.73. The minimum absolute atomic E-state index is 0.0862. The molecule has 0 aromatic rings. The first-order valence-corrected chi connectivity index (χ1v) is 6.09. The zero-order valence-electron chi connectivity index (χ0n) is 11.1. The molecule has 104 valence electrons. The van der Waals surface area contributed by atoms with Crippen molar-refractivity contribution in [1.29, 1.82) is 0 Å². The van der Waals surface area contributed by atoms with Gasteiger partial charge in [-0.3, -0.25) is 9.69 Å². The van der Waals surface area contributed by atoms with Crippen molar-refractivity contribution in [1.82, 2.24) is 4.90 Å². The van der Waals surface area contributed by atoms with E-state index in [1.54, 1.807) is 20.8 Å². The molecule has 1 aliphatic heterocycles. The van der Waals surface area contributed by atoms with Gasteiger partial charge >= 0.3 is 12.1 Å². The van der Waals surface area contributed by atoms with Gasteiger partial charge in [0.25, 0.3) is 0 Å². The van der Waals surface area contributed by atoms with Gasteiger partial charge in [-0.2, -0.15) is 0 Å². The van der Waals surface area contributed by atoms with Crippen LogP contribution < -0.4 is 0 Å². The van der Waals surface area contributed by atoms with E-state index in [0.29, 0.717) is 6.61 Å². The maximum absolute atomic E-state index is 11.9. The van der Waals surface area contributed by atoms with Crippen LogP contribution in [0.25, 0.3) is 0 Å². The molecule has 0 saturated carbocycles. The number of aliphatic carboxylic acids is 1. The summed E-state index contributed by atoms with van der Waals surface area (Å²) in [5, 5.41) is 8.81. The van der Waals surface area contributed by atoms with Gasteiger partial charge in [-0.1, -0.05) is 0 Å². The Kier molecular flexibility index (Phi) is 4.95. The Hall–Kier alpha value is -1.30. The van der Waals surface area contributed by atoms with Crippen LogP contribution in [-0.4, -0.2) is 53.5 Å². The molecule has 1 heterocycles. The number of carboxylic acids is 1. The first-order chi connectivity index (χ1) is 8.28. The molecule has 0 aromatic heterocycles. The summed E-state index contributed by atoms with van der Waals surface area (Å²) < 4.78 is 10.6. The summed E-state index contributed by atoms with van der Waals surface area (Å²) in [4.78, 5) is 23.8. The minimum atomic E-state index is -1.06. The van der Waals surface area contributed by atoms with Gasteiger partial charge in [0.05, 0.1) is 12.6 Å². The van der Waals surface area contributed by atoms with Gasteiger partial charge in [0.1, 0.15) is 12.1 Å². The molecule has 1 fully saturated rings. The van der Waals surface area contributed by atoms with E-state index >= 15 is 0 Å². The fourth-order valence-electron chi connectivity index (χ4n) is 1.73. The predicted octanol–water partition coefficient (Wildman–Crippen LogP) is 1.49. The van der Waals surface area contributed by atoms with Gasteiger partial charge in [-0.15, -0.1) is 0 Å². The second kappa shape index (κ2) is 6.04. The number of hydrogen-bond acceptors (Lipinski definition) is 4. The normalized spacial score (nSPS) is 19.6. The lowest BCUT2D eigenvalue weighted by Gasteiger charge is -2.27. The molecule has 0 aliphatic carbocycles.